The maximum absolute atomic E-state index is 12.1. The molecule has 1 aromatic rings. The highest BCUT2D eigenvalue weighted by Gasteiger charge is 2.23. The lowest BCUT2D eigenvalue weighted by Gasteiger charge is -2.32. The first-order valence-electron chi connectivity index (χ1n) is 8.38. The fraction of sp³-hybridized carbons (Fsp3) is 0.611. The average Bonchev–Trinajstić information content (AvgIpc) is 3.02. The third kappa shape index (κ3) is 4.07. The van der Waals surface area contributed by atoms with Gasteiger partial charge in [0.1, 0.15) is 0 Å². The van der Waals surface area contributed by atoms with Gasteiger partial charge >= 0.3 is 0 Å². The summed E-state index contributed by atoms with van der Waals surface area (Å²) in [6, 6.07) is 11.2. The molecule has 3 heteroatoms. The van der Waals surface area contributed by atoms with Crippen molar-refractivity contribution in [2.45, 2.75) is 50.5 Å². The molecule has 3 nitrogen and oxygen atoms in total. The average molecular weight is 286 g/mol. The van der Waals surface area contributed by atoms with Gasteiger partial charge in [0, 0.05) is 6.04 Å². The van der Waals surface area contributed by atoms with Gasteiger partial charge in [0.25, 0.3) is 0 Å². The van der Waals surface area contributed by atoms with Crippen molar-refractivity contribution in [2.75, 3.05) is 19.6 Å². The second kappa shape index (κ2) is 7.08. The summed E-state index contributed by atoms with van der Waals surface area (Å²) in [5.74, 6) is 0.889. The first kappa shape index (κ1) is 14.6. The third-order valence-electron chi connectivity index (χ3n) is 4.95. The van der Waals surface area contributed by atoms with E-state index in [-0.39, 0.29) is 5.91 Å². The van der Waals surface area contributed by atoms with E-state index in [2.05, 4.69) is 40.5 Å². The minimum absolute atomic E-state index is 0.222. The van der Waals surface area contributed by atoms with Crippen molar-refractivity contribution in [3.63, 3.8) is 0 Å². The van der Waals surface area contributed by atoms with Crippen molar-refractivity contribution in [1.82, 2.24) is 10.2 Å². The van der Waals surface area contributed by atoms with Crippen molar-refractivity contribution in [3.8, 4) is 0 Å². The summed E-state index contributed by atoms with van der Waals surface area (Å²) in [7, 11) is 0. The Labute approximate surface area is 127 Å². The van der Waals surface area contributed by atoms with Crippen LogP contribution >= 0.6 is 0 Å². The van der Waals surface area contributed by atoms with Crippen molar-refractivity contribution in [1.29, 1.82) is 0 Å². The van der Waals surface area contributed by atoms with E-state index in [0.29, 0.717) is 18.5 Å². The number of hydrogen-bond acceptors (Lipinski definition) is 2. The molecule has 2 fully saturated rings. The number of carbonyl (C=O) groups is 1. The number of carbonyl (C=O) groups excluding carboxylic acids is 1. The molecule has 0 radical (unpaired) electrons. The van der Waals surface area contributed by atoms with E-state index in [1.165, 1.54) is 44.1 Å². The number of nitrogens with zero attached hydrogens (tertiary/aromatic N) is 1. The predicted molar refractivity (Wildman–Crippen MR) is 85.3 cm³/mol. The van der Waals surface area contributed by atoms with Crippen molar-refractivity contribution in [3.05, 3.63) is 35.9 Å². The Morgan fingerprint density at radius 2 is 1.71 bits per heavy atom. The summed E-state index contributed by atoms with van der Waals surface area (Å²) in [5, 5.41) is 3.19. The number of hydrogen-bond donors (Lipinski definition) is 1. The molecule has 0 atom stereocenters. The number of nitrogens with one attached hydrogen (secondary N) is 1. The summed E-state index contributed by atoms with van der Waals surface area (Å²) in [6.07, 6.45) is 7.21. The molecular formula is C18H26N2O. The van der Waals surface area contributed by atoms with E-state index in [1.54, 1.807) is 0 Å². The van der Waals surface area contributed by atoms with E-state index in [4.69, 9.17) is 0 Å². The monoisotopic (exact) mass is 286 g/mol. The maximum Gasteiger partial charge on any atom is 0.234 e. The minimum atomic E-state index is 0.222. The summed E-state index contributed by atoms with van der Waals surface area (Å²) < 4.78 is 0. The van der Waals surface area contributed by atoms with Crippen molar-refractivity contribution in [2.24, 2.45) is 0 Å². The Hall–Kier alpha value is -1.35. The lowest BCUT2D eigenvalue weighted by Crippen LogP contribution is -2.43. The smallest absolute Gasteiger partial charge is 0.234 e. The third-order valence-corrected chi connectivity index (χ3v) is 4.95. The molecule has 0 aromatic heterocycles. The zero-order valence-electron chi connectivity index (χ0n) is 12.8. The lowest BCUT2D eigenvalue weighted by molar-refractivity contribution is -0.123. The van der Waals surface area contributed by atoms with E-state index < -0.39 is 0 Å². The number of benzene rings is 1. The summed E-state index contributed by atoms with van der Waals surface area (Å²) in [4.78, 5) is 14.4. The second-order valence-corrected chi connectivity index (χ2v) is 6.51. The van der Waals surface area contributed by atoms with Crippen LogP contribution in [0.3, 0.4) is 0 Å². The van der Waals surface area contributed by atoms with Crippen LogP contribution in [0.15, 0.2) is 30.3 Å². The highest BCUT2D eigenvalue weighted by Crippen LogP contribution is 2.27. The van der Waals surface area contributed by atoms with E-state index in [9.17, 15) is 4.79 Å². The number of likely N-dealkylation sites (tertiary alicyclic amines) is 1. The molecule has 21 heavy (non-hydrogen) atoms. The number of piperidine rings is 1. The lowest BCUT2D eigenvalue weighted by atomic mass is 9.89. The zero-order chi connectivity index (χ0) is 14.5. The van der Waals surface area contributed by atoms with Crippen LogP contribution in [0.1, 0.15) is 50.0 Å². The Balaban J connectivity index is 1.42. The van der Waals surface area contributed by atoms with Crippen LogP contribution in [0.4, 0.5) is 0 Å². The number of rotatable bonds is 4. The molecule has 0 bridgehead atoms. The molecule has 3 rings (SSSR count). The van der Waals surface area contributed by atoms with Crippen LogP contribution in [0.25, 0.3) is 0 Å². The van der Waals surface area contributed by atoms with Crippen LogP contribution in [0, 0.1) is 0 Å². The summed E-state index contributed by atoms with van der Waals surface area (Å²) in [6.45, 7) is 2.66. The molecule has 1 N–H and O–H groups in total. The highest BCUT2D eigenvalue weighted by atomic mass is 16.2. The van der Waals surface area contributed by atoms with Gasteiger partial charge in [-0.1, -0.05) is 43.2 Å². The fourth-order valence-electron chi connectivity index (χ4n) is 3.70. The molecule has 0 unspecified atom stereocenters. The first-order valence-corrected chi connectivity index (χ1v) is 8.38. The van der Waals surface area contributed by atoms with Gasteiger partial charge in [-0.3, -0.25) is 9.69 Å². The van der Waals surface area contributed by atoms with Gasteiger partial charge in [-0.15, -0.1) is 0 Å². The second-order valence-electron chi connectivity index (χ2n) is 6.51. The van der Waals surface area contributed by atoms with Gasteiger partial charge in [0.2, 0.25) is 5.91 Å². The largest absolute Gasteiger partial charge is 0.352 e. The summed E-state index contributed by atoms with van der Waals surface area (Å²) >= 11 is 0. The van der Waals surface area contributed by atoms with E-state index >= 15 is 0 Å². The Kier molecular flexibility index (Phi) is 4.91. The molecule has 1 amide bonds. The highest BCUT2D eigenvalue weighted by molar-refractivity contribution is 5.78. The van der Waals surface area contributed by atoms with Gasteiger partial charge < -0.3 is 5.32 Å². The number of amides is 1. The van der Waals surface area contributed by atoms with Gasteiger partial charge in [-0.05, 0) is 50.3 Å². The molecule has 1 aliphatic heterocycles. The van der Waals surface area contributed by atoms with Crippen LogP contribution < -0.4 is 5.32 Å². The molecule has 114 valence electrons. The molecule has 0 spiro atoms. The van der Waals surface area contributed by atoms with Crippen LogP contribution in [0.2, 0.25) is 0 Å². The van der Waals surface area contributed by atoms with Crippen molar-refractivity contribution >= 4 is 5.91 Å². The Morgan fingerprint density at radius 1 is 1.05 bits per heavy atom. The summed E-state index contributed by atoms with van der Waals surface area (Å²) in [5.41, 5.74) is 1.45. The van der Waals surface area contributed by atoms with Gasteiger partial charge in [0.05, 0.1) is 6.54 Å². The zero-order valence-corrected chi connectivity index (χ0v) is 12.8. The fourth-order valence-corrected chi connectivity index (χ4v) is 3.70. The molecule has 1 saturated carbocycles. The van der Waals surface area contributed by atoms with Crippen LogP contribution in [-0.4, -0.2) is 36.5 Å². The van der Waals surface area contributed by atoms with Gasteiger partial charge in [-0.2, -0.15) is 0 Å². The molecule has 1 heterocycles. The van der Waals surface area contributed by atoms with E-state index in [0.717, 1.165) is 13.1 Å². The van der Waals surface area contributed by atoms with Crippen molar-refractivity contribution < 1.29 is 4.79 Å². The molecular weight excluding hydrogens is 260 g/mol. The maximum atomic E-state index is 12.1. The first-order chi connectivity index (χ1) is 10.3. The predicted octanol–water partition coefficient (Wildman–Crippen LogP) is 2.92. The quantitative estimate of drug-likeness (QED) is 0.923. The topological polar surface area (TPSA) is 32.3 Å². The van der Waals surface area contributed by atoms with Gasteiger partial charge in [0.15, 0.2) is 0 Å². The Morgan fingerprint density at radius 3 is 2.38 bits per heavy atom. The van der Waals surface area contributed by atoms with Crippen LogP contribution in [-0.2, 0) is 4.79 Å². The Bertz CT molecular complexity index is 446. The standard InChI is InChI=1S/C18H26N2O/c21-18(19-17-8-4-5-9-17)14-20-12-10-16(11-13-20)15-6-2-1-3-7-15/h1-3,6-7,16-17H,4-5,8-14H2,(H,19,21). The SMILES string of the molecule is O=C(CN1CCC(c2ccccc2)CC1)NC1CCCC1. The molecule has 1 aliphatic carbocycles. The normalized spacial score (nSPS) is 21.5. The molecule has 1 saturated heterocycles. The molecule has 2 aliphatic rings. The van der Waals surface area contributed by atoms with Gasteiger partial charge in [-0.25, -0.2) is 0 Å². The minimum Gasteiger partial charge on any atom is -0.352 e. The van der Waals surface area contributed by atoms with E-state index in [1.807, 2.05) is 0 Å². The van der Waals surface area contributed by atoms with Crippen LogP contribution in [0.5, 0.6) is 0 Å². The molecule has 1 aromatic carbocycles.